The van der Waals surface area contributed by atoms with Gasteiger partial charge in [0.1, 0.15) is 13.2 Å². The fourth-order valence-corrected chi connectivity index (χ4v) is 2.61. The molecular weight excluding hydrogens is 286 g/mol. The molecule has 0 bridgehead atoms. The average Bonchev–Trinajstić information content (AvgIpc) is 2.49. The fraction of sp³-hybridized carbons (Fsp3) is 0.294. The van der Waals surface area contributed by atoms with Crippen molar-refractivity contribution in [3.63, 3.8) is 0 Å². The van der Waals surface area contributed by atoms with E-state index in [1.807, 2.05) is 12.1 Å². The van der Waals surface area contributed by atoms with Crippen molar-refractivity contribution in [2.24, 2.45) is 0 Å². The zero-order valence-electron chi connectivity index (χ0n) is 12.2. The van der Waals surface area contributed by atoms with Crippen LogP contribution < -0.4 is 14.8 Å². The normalized spacial score (nSPS) is 13.1. The summed E-state index contributed by atoms with van der Waals surface area (Å²) in [5.74, 6) is 1.46. The van der Waals surface area contributed by atoms with Crippen molar-refractivity contribution in [1.82, 2.24) is 0 Å². The summed E-state index contributed by atoms with van der Waals surface area (Å²) in [6.07, 6.45) is 0. The largest absolute Gasteiger partial charge is 0.486 e. The molecule has 0 radical (unpaired) electrons. The van der Waals surface area contributed by atoms with Gasteiger partial charge in [0.25, 0.3) is 0 Å². The number of anilines is 1. The first kappa shape index (κ1) is 14.1. The molecule has 0 aliphatic carbocycles. The fourth-order valence-electron chi connectivity index (χ4n) is 2.39. The molecule has 21 heavy (non-hydrogen) atoms. The van der Waals surface area contributed by atoms with Crippen LogP contribution in [0.1, 0.15) is 16.7 Å². The first-order chi connectivity index (χ1) is 10.1. The summed E-state index contributed by atoms with van der Waals surface area (Å²) in [4.78, 5) is 0. The van der Waals surface area contributed by atoms with Gasteiger partial charge in [-0.25, -0.2) is 0 Å². The Morgan fingerprint density at radius 3 is 2.57 bits per heavy atom. The topological polar surface area (TPSA) is 30.5 Å². The molecular formula is C17H18ClNO2. The molecule has 1 heterocycles. The van der Waals surface area contributed by atoms with Crippen LogP contribution in [-0.2, 0) is 6.54 Å². The predicted molar refractivity (Wildman–Crippen MR) is 85.7 cm³/mol. The van der Waals surface area contributed by atoms with E-state index in [1.54, 1.807) is 0 Å². The highest BCUT2D eigenvalue weighted by Gasteiger charge is 2.15. The van der Waals surface area contributed by atoms with Crippen LogP contribution in [-0.4, -0.2) is 13.2 Å². The third kappa shape index (κ3) is 2.93. The second-order valence-electron chi connectivity index (χ2n) is 5.19. The van der Waals surface area contributed by atoms with Crippen LogP contribution in [0.15, 0.2) is 30.3 Å². The molecule has 3 nitrogen and oxygen atoms in total. The molecule has 0 atom stereocenters. The molecule has 0 saturated heterocycles. The Kier molecular flexibility index (Phi) is 3.93. The third-order valence-electron chi connectivity index (χ3n) is 3.82. The molecule has 1 aliphatic heterocycles. The van der Waals surface area contributed by atoms with Gasteiger partial charge < -0.3 is 14.8 Å². The van der Waals surface area contributed by atoms with Crippen molar-refractivity contribution in [3.8, 4) is 11.5 Å². The highest BCUT2D eigenvalue weighted by Crippen LogP contribution is 2.38. The standard InChI is InChI=1S/C17H18ClNO2/c1-11-4-3-5-13(12(11)2)10-19-15-9-17-16(8-14(15)18)20-6-7-21-17/h3-5,8-9,19H,6-7,10H2,1-2H3. The van der Waals surface area contributed by atoms with E-state index >= 15 is 0 Å². The summed E-state index contributed by atoms with van der Waals surface area (Å²) >= 11 is 6.30. The van der Waals surface area contributed by atoms with Crippen molar-refractivity contribution in [3.05, 3.63) is 52.0 Å². The van der Waals surface area contributed by atoms with Gasteiger partial charge >= 0.3 is 0 Å². The molecule has 1 aliphatic rings. The summed E-state index contributed by atoms with van der Waals surface area (Å²) in [6, 6.07) is 10.0. The zero-order chi connectivity index (χ0) is 14.8. The van der Waals surface area contributed by atoms with E-state index in [4.69, 9.17) is 21.1 Å². The van der Waals surface area contributed by atoms with Crippen molar-refractivity contribution < 1.29 is 9.47 Å². The number of rotatable bonds is 3. The Morgan fingerprint density at radius 2 is 1.81 bits per heavy atom. The Labute approximate surface area is 129 Å². The van der Waals surface area contributed by atoms with Gasteiger partial charge in [-0.05, 0) is 30.5 Å². The number of aryl methyl sites for hydroxylation is 1. The monoisotopic (exact) mass is 303 g/mol. The van der Waals surface area contributed by atoms with Gasteiger partial charge in [0.15, 0.2) is 11.5 Å². The number of nitrogens with one attached hydrogen (secondary N) is 1. The maximum absolute atomic E-state index is 6.30. The van der Waals surface area contributed by atoms with E-state index in [-0.39, 0.29) is 0 Å². The maximum atomic E-state index is 6.30. The third-order valence-corrected chi connectivity index (χ3v) is 4.13. The van der Waals surface area contributed by atoms with E-state index in [0.29, 0.717) is 24.0 Å². The summed E-state index contributed by atoms with van der Waals surface area (Å²) < 4.78 is 11.1. The van der Waals surface area contributed by atoms with Crippen LogP contribution in [0.2, 0.25) is 5.02 Å². The van der Waals surface area contributed by atoms with E-state index in [9.17, 15) is 0 Å². The van der Waals surface area contributed by atoms with E-state index in [0.717, 1.165) is 18.0 Å². The lowest BCUT2D eigenvalue weighted by Crippen LogP contribution is -2.15. The minimum absolute atomic E-state index is 0.568. The lowest BCUT2D eigenvalue weighted by molar-refractivity contribution is 0.171. The molecule has 0 amide bonds. The van der Waals surface area contributed by atoms with Crippen LogP contribution >= 0.6 is 11.6 Å². The van der Waals surface area contributed by atoms with Crippen molar-refractivity contribution in [1.29, 1.82) is 0 Å². The number of halogens is 1. The molecule has 2 aromatic carbocycles. The molecule has 4 heteroatoms. The van der Waals surface area contributed by atoms with Gasteiger partial charge in [-0.3, -0.25) is 0 Å². The number of benzene rings is 2. The summed E-state index contributed by atoms with van der Waals surface area (Å²) in [7, 11) is 0. The van der Waals surface area contributed by atoms with Crippen LogP contribution in [0.3, 0.4) is 0 Å². The van der Waals surface area contributed by atoms with E-state index < -0.39 is 0 Å². The maximum Gasteiger partial charge on any atom is 0.163 e. The highest BCUT2D eigenvalue weighted by molar-refractivity contribution is 6.33. The summed E-state index contributed by atoms with van der Waals surface area (Å²) in [6.45, 7) is 6.13. The average molecular weight is 304 g/mol. The summed E-state index contributed by atoms with van der Waals surface area (Å²) in [5, 5.41) is 4.02. The number of fused-ring (bicyclic) bond motifs is 1. The van der Waals surface area contributed by atoms with Gasteiger partial charge in [0, 0.05) is 18.7 Å². The Balaban J connectivity index is 1.80. The second-order valence-corrected chi connectivity index (χ2v) is 5.60. The molecule has 0 spiro atoms. The molecule has 0 saturated carbocycles. The molecule has 3 rings (SSSR count). The molecule has 1 N–H and O–H groups in total. The SMILES string of the molecule is Cc1cccc(CNc2cc3c(cc2Cl)OCCO3)c1C. The van der Waals surface area contributed by atoms with Gasteiger partial charge in [-0.1, -0.05) is 29.8 Å². The Morgan fingerprint density at radius 1 is 1.10 bits per heavy atom. The number of hydrogen-bond donors (Lipinski definition) is 1. The predicted octanol–water partition coefficient (Wildman–Crippen LogP) is 4.34. The molecule has 0 fully saturated rings. The van der Waals surface area contributed by atoms with Crippen LogP contribution in [0, 0.1) is 13.8 Å². The smallest absolute Gasteiger partial charge is 0.163 e. The minimum atomic E-state index is 0.568. The van der Waals surface area contributed by atoms with E-state index in [1.165, 1.54) is 16.7 Å². The molecule has 0 unspecified atom stereocenters. The quantitative estimate of drug-likeness (QED) is 0.915. The zero-order valence-corrected chi connectivity index (χ0v) is 13.0. The second kappa shape index (κ2) is 5.86. The Bertz CT molecular complexity index is 670. The number of hydrogen-bond acceptors (Lipinski definition) is 3. The van der Waals surface area contributed by atoms with Crippen molar-refractivity contribution in [2.75, 3.05) is 18.5 Å². The molecule has 0 aromatic heterocycles. The Hall–Kier alpha value is -1.87. The van der Waals surface area contributed by atoms with Gasteiger partial charge in [0.2, 0.25) is 0 Å². The molecule has 2 aromatic rings. The lowest BCUT2D eigenvalue weighted by atomic mass is 10.0. The van der Waals surface area contributed by atoms with Crippen LogP contribution in [0.5, 0.6) is 11.5 Å². The lowest BCUT2D eigenvalue weighted by Gasteiger charge is -2.20. The van der Waals surface area contributed by atoms with Gasteiger partial charge in [0.05, 0.1) is 10.7 Å². The summed E-state index contributed by atoms with van der Waals surface area (Å²) in [5.41, 5.74) is 4.73. The number of ether oxygens (including phenoxy) is 2. The van der Waals surface area contributed by atoms with Gasteiger partial charge in [-0.15, -0.1) is 0 Å². The van der Waals surface area contributed by atoms with Gasteiger partial charge in [-0.2, -0.15) is 0 Å². The van der Waals surface area contributed by atoms with Crippen LogP contribution in [0.25, 0.3) is 0 Å². The molecule has 110 valence electrons. The van der Waals surface area contributed by atoms with Crippen molar-refractivity contribution >= 4 is 17.3 Å². The first-order valence-electron chi connectivity index (χ1n) is 7.03. The highest BCUT2D eigenvalue weighted by atomic mass is 35.5. The van der Waals surface area contributed by atoms with E-state index in [2.05, 4.69) is 37.4 Å². The van der Waals surface area contributed by atoms with Crippen molar-refractivity contribution in [2.45, 2.75) is 20.4 Å². The minimum Gasteiger partial charge on any atom is -0.486 e. The van der Waals surface area contributed by atoms with Crippen LogP contribution in [0.4, 0.5) is 5.69 Å². The first-order valence-corrected chi connectivity index (χ1v) is 7.41.